The molecule has 5 rings (SSSR count). The van der Waals surface area contributed by atoms with Crippen molar-refractivity contribution < 1.29 is 4.79 Å². The highest BCUT2D eigenvalue weighted by atomic mass is 16.2. The van der Waals surface area contributed by atoms with Crippen molar-refractivity contribution in [2.75, 3.05) is 11.4 Å². The molecule has 1 atom stereocenters. The number of tetrazole rings is 1. The van der Waals surface area contributed by atoms with Crippen LogP contribution in [0.1, 0.15) is 42.9 Å². The molecule has 1 N–H and O–H groups in total. The minimum atomic E-state index is -0.138. The van der Waals surface area contributed by atoms with Crippen LogP contribution >= 0.6 is 0 Å². The maximum absolute atomic E-state index is 12.9. The van der Waals surface area contributed by atoms with Crippen LogP contribution in [0.5, 0.6) is 0 Å². The molecule has 3 aromatic rings. The summed E-state index contributed by atoms with van der Waals surface area (Å²) in [7, 11) is 0. The van der Waals surface area contributed by atoms with Gasteiger partial charge in [0.1, 0.15) is 12.6 Å². The maximum Gasteiger partial charge on any atom is 0.251 e. The predicted molar refractivity (Wildman–Crippen MR) is 115 cm³/mol. The number of benzene rings is 2. The fourth-order valence-electron chi connectivity index (χ4n) is 4.36. The largest absolute Gasteiger partial charge is 0.352 e. The second kappa shape index (κ2) is 8.10. The monoisotopic (exact) mass is 400 g/mol. The predicted octanol–water partition coefficient (Wildman–Crippen LogP) is 3.18. The number of nitrogens with one attached hydrogen (secondary N) is 1. The summed E-state index contributed by atoms with van der Waals surface area (Å²) in [5.41, 5.74) is 3.06. The molecule has 2 aromatic carbocycles. The number of aromatic nitrogens is 4. The van der Waals surface area contributed by atoms with Crippen LogP contribution in [-0.4, -0.2) is 38.7 Å². The number of carbonyl (C=O) groups excluding carboxylic acids is 1. The lowest BCUT2D eigenvalue weighted by molar-refractivity contribution is -0.120. The Kier molecular flexibility index (Phi) is 5.01. The standard InChI is InChI=1S/C23H24N6O/c30-22(24-19-13-7-8-14-19)16-28-20(17-9-3-1-4-10-17)15-21(18-11-5-2-6-12-18)29-23(28)25-26-27-29/h1-6,9-12,15,19,21H,7-8,13-14,16H2,(H,24,30). The van der Waals surface area contributed by atoms with Gasteiger partial charge in [-0.2, -0.15) is 4.68 Å². The van der Waals surface area contributed by atoms with Gasteiger partial charge in [0, 0.05) is 6.04 Å². The second-order valence-corrected chi connectivity index (χ2v) is 7.83. The molecule has 2 aliphatic rings. The molecule has 1 saturated carbocycles. The highest BCUT2D eigenvalue weighted by Gasteiger charge is 2.32. The number of rotatable bonds is 5. The average molecular weight is 400 g/mol. The van der Waals surface area contributed by atoms with Crippen molar-refractivity contribution in [3.8, 4) is 0 Å². The molecule has 1 amide bonds. The zero-order valence-corrected chi connectivity index (χ0v) is 16.7. The van der Waals surface area contributed by atoms with Gasteiger partial charge in [-0.25, -0.2) is 0 Å². The number of hydrogen-bond donors (Lipinski definition) is 1. The van der Waals surface area contributed by atoms with E-state index in [2.05, 4.69) is 51.2 Å². The van der Waals surface area contributed by atoms with Crippen LogP contribution in [0.4, 0.5) is 5.95 Å². The first-order chi connectivity index (χ1) is 14.8. The number of hydrogen-bond acceptors (Lipinski definition) is 5. The third-order valence-electron chi connectivity index (χ3n) is 5.82. The van der Waals surface area contributed by atoms with Crippen molar-refractivity contribution in [1.29, 1.82) is 0 Å². The Morgan fingerprint density at radius 2 is 1.70 bits per heavy atom. The van der Waals surface area contributed by atoms with E-state index in [-0.39, 0.29) is 24.5 Å². The van der Waals surface area contributed by atoms with Crippen molar-refractivity contribution in [3.05, 3.63) is 77.9 Å². The molecule has 0 saturated heterocycles. The molecule has 1 aliphatic heterocycles. The van der Waals surface area contributed by atoms with E-state index in [4.69, 9.17) is 0 Å². The molecular formula is C23H24N6O. The Morgan fingerprint density at radius 3 is 2.43 bits per heavy atom. The summed E-state index contributed by atoms with van der Waals surface area (Å²) in [6, 6.07) is 20.4. The van der Waals surface area contributed by atoms with Gasteiger partial charge in [0.25, 0.3) is 5.95 Å². The third-order valence-corrected chi connectivity index (χ3v) is 5.82. The Hall–Kier alpha value is -3.48. The van der Waals surface area contributed by atoms with Crippen LogP contribution in [-0.2, 0) is 4.79 Å². The molecule has 152 valence electrons. The zero-order chi connectivity index (χ0) is 20.3. The van der Waals surface area contributed by atoms with Crippen molar-refractivity contribution >= 4 is 17.6 Å². The average Bonchev–Trinajstić information content (AvgIpc) is 3.47. The van der Waals surface area contributed by atoms with E-state index in [0.717, 1.165) is 29.7 Å². The van der Waals surface area contributed by atoms with Crippen LogP contribution < -0.4 is 10.2 Å². The van der Waals surface area contributed by atoms with Gasteiger partial charge >= 0.3 is 0 Å². The van der Waals surface area contributed by atoms with Crippen molar-refractivity contribution in [1.82, 2.24) is 25.5 Å². The molecule has 1 aromatic heterocycles. The number of nitrogens with zero attached hydrogens (tertiary/aromatic N) is 5. The smallest absolute Gasteiger partial charge is 0.251 e. The first-order valence-corrected chi connectivity index (χ1v) is 10.5. The first-order valence-electron chi connectivity index (χ1n) is 10.5. The van der Waals surface area contributed by atoms with Gasteiger partial charge < -0.3 is 5.32 Å². The van der Waals surface area contributed by atoms with E-state index >= 15 is 0 Å². The molecule has 1 fully saturated rings. The Bertz CT molecular complexity index is 1040. The molecule has 0 spiro atoms. The number of fused-ring (bicyclic) bond motifs is 1. The normalized spacial score (nSPS) is 18.7. The van der Waals surface area contributed by atoms with E-state index in [1.165, 1.54) is 12.8 Å². The van der Waals surface area contributed by atoms with E-state index < -0.39 is 0 Å². The summed E-state index contributed by atoms with van der Waals surface area (Å²) >= 11 is 0. The van der Waals surface area contributed by atoms with Gasteiger partial charge in [-0.15, -0.1) is 0 Å². The lowest BCUT2D eigenvalue weighted by atomic mass is 10.0. The SMILES string of the molecule is O=C(CN1C(c2ccccc2)=CC(c2ccccc2)n2nnnc21)NC1CCCC1. The quantitative estimate of drug-likeness (QED) is 0.712. The molecule has 30 heavy (non-hydrogen) atoms. The summed E-state index contributed by atoms with van der Waals surface area (Å²) in [5.74, 6) is 0.572. The van der Waals surface area contributed by atoms with Crippen molar-refractivity contribution in [2.24, 2.45) is 0 Å². The summed E-state index contributed by atoms with van der Waals surface area (Å²) in [6.45, 7) is 0.180. The molecule has 2 heterocycles. The Labute approximate surface area is 175 Å². The number of carbonyl (C=O) groups is 1. The molecular weight excluding hydrogens is 376 g/mol. The molecule has 7 nitrogen and oxygen atoms in total. The third kappa shape index (κ3) is 3.58. The Morgan fingerprint density at radius 1 is 1.00 bits per heavy atom. The fraction of sp³-hybridized carbons (Fsp3) is 0.304. The van der Waals surface area contributed by atoms with Gasteiger partial charge in [0.05, 0.1) is 5.70 Å². The fourth-order valence-corrected chi connectivity index (χ4v) is 4.36. The molecule has 1 aliphatic carbocycles. The van der Waals surface area contributed by atoms with Gasteiger partial charge in [-0.05, 0) is 40.5 Å². The minimum Gasteiger partial charge on any atom is -0.352 e. The number of allylic oxidation sites excluding steroid dienone is 1. The van der Waals surface area contributed by atoms with Crippen molar-refractivity contribution in [2.45, 2.75) is 37.8 Å². The van der Waals surface area contributed by atoms with Crippen molar-refractivity contribution in [3.63, 3.8) is 0 Å². The van der Waals surface area contributed by atoms with Gasteiger partial charge in [-0.1, -0.05) is 78.6 Å². The lowest BCUT2D eigenvalue weighted by Gasteiger charge is -2.32. The topological polar surface area (TPSA) is 75.9 Å². The van der Waals surface area contributed by atoms with Crippen LogP contribution in [0.3, 0.4) is 0 Å². The van der Waals surface area contributed by atoms with Crippen LogP contribution in [0.2, 0.25) is 0 Å². The molecule has 0 radical (unpaired) electrons. The highest BCUT2D eigenvalue weighted by Crippen LogP contribution is 2.35. The van der Waals surface area contributed by atoms with E-state index in [9.17, 15) is 4.79 Å². The van der Waals surface area contributed by atoms with E-state index in [1.54, 1.807) is 4.68 Å². The first kappa shape index (κ1) is 18.5. The Balaban J connectivity index is 1.52. The summed E-state index contributed by atoms with van der Waals surface area (Å²) in [5, 5.41) is 15.6. The number of amides is 1. The second-order valence-electron chi connectivity index (χ2n) is 7.83. The molecule has 0 bridgehead atoms. The maximum atomic E-state index is 12.9. The zero-order valence-electron chi connectivity index (χ0n) is 16.7. The minimum absolute atomic E-state index is 0.00329. The lowest BCUT2D eigenvalue weighted by Crippen LogP contribution is -2.42. The van der Waals surface area contributed by atoms with Gasteiger partial charge in [-0.3, -0.25) is 9.69 Å². The summed E-state index contributed by atoms with van der Waals surface area (Å²) < 4.78 is 1.78. The van der Waals surface area contributed by atoms with E-state index in [1.807, 2.05) is 41.3 Å². The van der Waals surface area contributed by atoms with Gasteiger partial charge in [0.2, 0.25) is 5.91 Å². The highest BCUT2D eigenvalue weighted by molar-refractivity contribution is 5.89. The summed E-state index contributed by atoms with van der Waals surface area (Å²) in [4.78, 5) is 14.8. The molecule has 1 unspecified atom stereocenters. The number of anilines is 1. The van der Waals surface area contributed by atoms with Crippen LogP contribution in [0.25, 0.3) is 5.70 Å². The van der Waals surface area contributed by atoms with Crippen LogP contribution in [0.15, 0.2) is 66.7 Å². The van der Waals surface area contributed by atoms with E-state index in [0.29, 0.717) is 5.95 Å². The summed E-state index contributed by atoms with van der Waals surface area (Å²) in [6.07, 6.45) is 6.61. The van der Waals surface area contributed by atoms with Gasteiger partial charge in [0.15, 0.2) is 0 Å². The molecule has 7 heteroatoms. The van der Waals surface area contributed by atoms with Crippen LogP contribution in [0, 0.1) is 0 Å².